The molecule has 1 aromatic carbocycles. The van der Waals surface area contributed by atoms with Crippen molar-refractivity contribution in [1.82, 2.24) is 10.6 Å². The molecule has 0 aliphatic carbocycles. The highest BCUT2D eigenvalue weighted by molar-refractivity contribution is 5.94. The third-order valence-electron chi connectivity index (χ3n) is 4.19. The van der Waals surface area contributed by atoms with Crippen molar-refractivity contribution in [3.8, 4) is 0 Å². The number of benzene rings is 1. The molecule has 1 aliphatic heterocycles. The van der Waals surface area contributed by atoms with Crippen LogP contribution in [-0.2, 0) is 14.3 Å². The van der Waals surface area contributed by atoms with E-state index in [4.69, 9.17) is 9.47 Å². The maximum absolute atomic E-state index is 13.2. The summed E-state index contributed by atoms with van der Waals surface area (Å²) in [5, 5.41) is 5.54. The fraction of sp³-hybridized carbons (Fsp3) is 0.579. The zero-order valence-corrected chi connectivity index (χ0v) is 15.9. The van der Waals surface area contributed by atoms with E-state index in [0.717, 1.165) is 0 Å². The molecule has 2 rings (SSSR count). The fourth-order valence-corrected chi connectivity index (χ4v) is 2.66. The third-order valence-corrected chi connectivity index (χ3v) is 4.19. The molecule has 1 saturated heterocycles. The predicted octanol–water partition coefficient (Wildman–Crippen LogP) is 2.24. The first kappa shape index (κ1) is 20.3. The first-order chi connectivity index (χ1) is 12.0. The van der Waals surface area contributed by atoms with Crippen molar-refractivity contribution in [2.45, 2.75) is 52.6 Å². The molecule has 0 radical (unpaired) electrons. The van der Waals surface area contributed by atoms with Gasteiger partial charge in [0, 0.05) is 23.6 Å². The SMILES string of the molecule is C[C@@H](CNC(=O)[C@@H]1OC(C)(C)OCC1(C)C)NC(=O)c1cccc(F)c1. The maximum Gasteiger partial charge on any atom is 0.251 e. The zero-order valence-electron chi connectivity index (χ0n) is 15.9. The molecule has 26 heavy (non-hydrogen) atoms. The van der Waals surface area contributed by atoms with Gasteiger partial charge < -0.3 is 20.1 Å². The summed E-state index contributed by atoms with van der Waals surface area (Å²) < 4.78 is 24.6. The van der Waals surface area contributed by atoms with Crippen molar-refractivity contribution in [3.63, 3.8) is 0 Å². The van der Waals surface area contributed by atoms with E-state index in [9.17, 15) is 14.0 Å². The van der Waals surface area contributed by atoms with Crippen molar-refractivity contribution in [3.05, 3.63) is 35.6 Å². The van der Waals surface area contributed by atoms with Crippen LogP contribution in [0.3, 0.4) is 0 Å². The van der Waals surface area contributed by atoms with Gasteiger partial charge in [-0.2, -0.15) is 0 Å². The van der Waals surface area contributed by atoms with E-state index < -0.39 is 29.0 Å². The Hall–Kier alpha value is -1.99. The average Bonchev–Trinajstić information content (AvgIpc) is 2.55. The predicted molar refractivity (Wildman–Crippen MR) is 95.0 cm³/mol. The smallest absolute Gasteiger partial charge is 0.251 e. The molecular weight excluding hydrogens is 339 g/mol. The average molecular weight is 366 g/mol. The molecule has 1 fully saturated rings. The largest absolute Gasteiger partial charge is 0.352 e. The van der Waals surface area contributed by atoms with Crippen LogP contribution in [0.15, 0.2) is 24.3 Å². The van der Waals surface area contributed by atoms with Crippen molar-refractivity contribution in [2.24, 2.45) is 5.41 Å². The van der Waals surface area contributed by atoms with E-state index in [-0.39, 0.29) is 24.1 Å². The second-order valence-electron chi connectivity index (χ2n) is 7.80. The highest BCUT2D eigenvalue weighted by atomic mass is 19.1. The first-order valence-electron chi connectivity index (χ1n) is 8.66. The molecule has 2 amide bonds. The lowest BCUT2D eigenvalue weighted by atomic mass is 9.85. The minimum absolute atomic E-state index is 0.233. The van der Waals surface area contributed by atoms with Gasteiger partial charge in [0.25, 0.3) is 5.91 Å². The molecule has 1 aliphatic rings. The Morgan fingerprint density at radius 1 is 1.31 bits per heavy atom. The highest BCUT2D eigenvalue weighted by Gasteiger charge is 2.45. The quantitative estimate of drug-likeness (QED) is 0.838. The second kappa shape index (κ2) is 7.72. The molecule has 1 heterocycles. The number of nitrogens with one attached hydrogen (secondary N) is 2. The summed E-state index contributed by atoms with van der Waals surface area (Å²) in [6.45, 7) is 9.75. The van der Waals surface area contributed by atoms with Gasteiger partial charge >= 0.3 is 0 Å². The molecule has 0 spiro atoms. The number of carbonyl (C=O) groups excluding carboxylic acids is 2. The Morgan fingerprint density at radius 2 is 2.00 bits per heavy atom. The van der Waals surface area contributed by atoms with Gasteiger partial charge in [-0.3, -0.25) is 9.59 Å². The molecule has 1 aromatic rings. The zero-order chi connectivity index (χ0) is 19.5. The molecule has 0 unspecified atom stereocenters. The minimum Gasteiger partial charge on any atom is -0.352 e. The van der Waals surface area contributed by atoms with Gasteiger partial charge in [-0.25, -0.2) is 4.39 Å². The van der Waals surface area contributed by atoms with Crippen molar-refractivity contribution in [2.75, 3.05) is 13.2 Å². The van der Waals surface area contributed by atoms with Gasteiger partial charge in [0.1, 0.15) is 11.9 Å². The van der Waals surface area contributed by atoms with Crippen LogP contribution in [0, 0.1) is 11.2 Å². The van der Waals surface area contributed by atoms with E-state index in [1.54, 1.807) is 20.8 Å². The van der Waals surface area contributed by atoms with Crippen LogP contribution < -0.4 is 10.6 Å². The number of hydrogen-bond acceptors (Lipinski definition) is 4. The number of halogens is 1. The van der Waals surface area contributed by atoms with E-state index in [1.807, 2.05) is 13.8 Å². The standard InChI is InChI=1S/C19H27FN2O4/c1-12(22-16(23)13-7-6-8-14(20)9-13)10-21-17(24)15-18(2,3)11-25-19(4,5)26-15/h6-9,12,15H,10-11H2,1-5H3,(H,21,24)(H,22,23)/t12-,15-/m0/s1. The van der Waals surface area contributed by atoms with Gasteiger partial charge in [-0.15, -0.1) is 0 Å². The van der Waals surface area contributed by atoms with E-state index in [1.165, 1.54) is 24.3 Å². The molecule has 2 N–H and O–H groups in total. The molecule has 7 heteroatoms. The first-order valence-corrected chi connectivity index (χ1v) is 8.66. The fourth-order valence-electron chi connectivity index (χ4n) is 2.66. The summed E-state index contributed by atoms with van der Waals surface area (Å²) in [4.78, 5) is 24.7. The monoisotopic (exact) mass is 366 g/mol. The Morgan fingerprint density at radius 3 is 2.65 bits per heavy atom. The number of hydrogen-bond donors (Lipinski definition) is 2. The summed E-state index contributed by atoms with van der Waals surface area (Å²) in [5.41, 5.74) is -0.230. The molecule has 0 saturated carbocycles. The van der Waals surface area contributed by atoms with Crippen molar-refractivity contribution in [1.29, 1.82) is 0 Å². The molecular formula is C19H27FN2O4. The van der Waals surface area contributed by atoms with Crippen molar-refractivity contribution >= 4 is 11.8 Å². The summed E-state index contributed by atoms with van der Waals surface area (Å²) in [5.74, 6) is -1.94. The molecule has 144 valence electrons. The normalized spacial score (nSPS) is 22.3. The molecule has 2 atom stereocenters. The lowest BCUT2D eigenvalue weighted by Crippen LogP contribution is -2.57. The van der Waals surface area contributed by atoms with Gasteiger partial charge in [0.2, 0.25) is 5.91 Å². The molecule has 0 bridgehead atoms. The Labute approximate surface area is 153 Å². The summed E-state index contributed by atoms with van der Waals surface area (Å²) >= 11 is 0. The third kappa shape index (κ3) is 5.25. The number of amides is 2. The van der Waals surface area contributed by atoms with E-state index in [0.29, 0.717) is 6.61 Å². The van der Waals surface area contributed by atoms with E-state index in [2.05, 4.69) is 10.6 Å². The van der Waals surface area contributed by atoms with Crippen LogP contribution in [0.1, 0.15) is 45.0 Å². The van der Waals surface area contributed by atoms with Crippen molar-refractivity contribution < 1.29 is 23.5 Å². The van der Waals surface area contributed by atoms with E-state index >= 15 is 0 Å². The van der Waals surface area contributed by atoms with Crippen LogP contribution in [0.4, 0.5) is 4.39 Å². The Kier molecular flexibility index (Phi) is 6.03. The topological polar surface area (TPSA) is 76.7 Å². The Balaban J connectivity index is 1.89. The minimum atomic E-state index is -0.825. The van der Waals surface area contributed by atoms with Crippen LogP contribution in [0.2, 0.25) is 0 Å². The summed E-state index contributed by atoms with van der Waals surface area (Å²) in [6.07, 6.45) is -0.655. The van der Waals surface area contributed by atoms with Crippen LogP contribution >= 0.6 is 0 Å². The van der Waals surface area contributed by atoms with Gasteiger partial charge in [0.15, 0.2) is 5.79 Å². The number of rotatable bonds is 5. The van der Waals surface area contributed by atoms with Gasteiger partial charge in [-0.05, 0) is 39.0 Å². The van der Waals surface area contributed by atoms with Crippen LogP contribution in [0.25, 0.3) is 0 Å². The number of ether oxygens (including phenoxy) is 2. The number of carbonyl (C=O) groups is 2. The lowest BCUT2D eigenvalue weighted by molar-refractivity contribution is -0.304. The van der Waals surface area contributed by atoms with Gasteiger partial charge in [-0.1, -0.05) is 19.9 Å². The second-order valence-corrected chi connectivity index (χ2v) is 7.80. The summed E-state index contributed by atoms with van der Waals surface area (Å²) in [7, 11) is 0. The van der Waals surface area contributed by atoms with Crippen LogP contribution in [-0.4, -0.2) is 42.9 Å². The van der Waals surface area contributed by atoms with Gasteiger partial charge in [0.05, 0.1) is 6.61 Å². The molecule has 6 nitrogen and oxygen atoms in total. The highest BCUT2D eigenvalue weighted by Crippen LogP contribution is 2.34. The molecule has 0 aromatic heterocycles. The maximum atomic E-state index is 13.2. The van der Waals surface area contributed by atoms with Crippen LogP contribution in [0.5, 0.6) is 0 Å². The Bertz CT molecular complexity index is 675. The lowest BCUT2D eigenvalue weighted by Gasteiger charge is -2.44. The summed E-state index contributed by atoms with van der Waals surface area (Å²) in [6, 6.07) is 5.12.